The molecule has 0 aliphatic heterocycles. The Labute approximate surface area is 175 Å². The maximum Gasteiger partial charge on any atom is 0.243 e. The van der Waals surface area contributed by atoms with Crippen molar-refractivity contribution >= 4 is 21.6 Å². The summed E-state index contributed by atoms with van der Waals surface area (Å²) >= 11 is 6.15. The number of nitrogens with zero attached hydrogens (tertiary/aromatic N) is 3. The van der Waals surface area contributed by atoms with Gasteiger partial charge in [0.15, 0.2) is 0 Å². The predicted molar refractivity (Wildman–Crippen MR) is 110 cm³/mol. The van der Waals surface area contributed by atoms with Gasteiger partial charge in [-0.05, 0) is 41.8 Å². The van der Waals surface area contributed by atoms with Crippen LogP contribution in [0.2, 0.25) is 5.02 Å². The predicted octanol–water partition coefficient (Wildman–Crippen LogP) is 4.34. The first-order valence-corrected chi connectivity index (χ1v) is 10.8. The van der Waals surface area contributed by atoms with Crippen LogP contribution in [0, 0.1) is 0 Å². The lowest BCUT2D eigenvalue weighted by Crippen LogP contribution is -2.26. The van der Waals surface area contributed by atoms with E-state index in [0.717, 1.165) is 5.56 Å². The molecule has 2 aromatic carbocycles. The highest BCUT2D eigenvalue weighted by molar-refractivity contribution is 7.89. The summed E-state index contributed by atoms with van der Waals surface area (Å²) < 4.78 is 37.8. The van der Waals surface area contributed by atoms with E-state index < -0.39 is 10.0 Å². The number of rotatable bonds is 7. The molecule has 0 aliphatic carbocycles. The lowest BCUT2D eigenvalue weighted by Gasteiger charge is -2.18. The molecule has 7 nitrogen and oxygen atoms in total. The van der Waals surface area contributed by atoms with Crippen LogP contribution in [-0.4, -0.2) is 37.0 Å². The van der Waals surface area contributed by atoms with Gasteiger partial charge in [-0.3, -0.25) is 0 Å². The summed E-state index contributed by atoms with van der Waals surface area (Å²) in [5.41, 5.74) is 1.44. The van der Waals surface area contributed by atoms with Crippen LogP contribution in [0.1, 0.15) is 31.2 Å². The van der Waals surface area contributed by atoms with E-state index in [1.807, 2.05) is 19.9 Å². The van der Waals surface area contributed by atoms with E-state index in [1.165, 1.54) is 17.4 Å². The summed E-state index contributed by atoms with van der Waals surface area (Å²) in [5.74, 6) is 1.24. The Hall–Kier alpha value is -2.42. The lowest BCUT2D eigenvalue weighted by molar-refractivity contribution is 0.336. The van der Waals surface area contributed by atoms with Gasteiger partial charge in [0.2, 0.25) is 21.7 Å². The third-order valence-corrected chi connectivity index (χ3v) is 6.60. The highest BCUT2D eigenvalue weighted by Crippen LogP contribution is 2.30. The van der Waals surface area contributed by atoms with Gasteiger partial charge in [-0.25, -0.2) is 8.42 Å². The molecular weight excluding hydrogens is 414 g/mol. The molecule has 0 spiro atoms. The molecule has 0 saturated heterocycles. The van der Waals surface area contributed by atoms with Crippen LogP contribution in [0.4, 0.5) is 0 Å². The van der Waals surface area contributed by atoms with E-state index in [2.05, 4.69) is 10.1 Å². The summed E-state index contributed by atoms with van der Waals surface area (Å²) in [6, 6.07) is 11.9. The smallest absolute Gasteiger partial charge is 0.243 e. The largest absolute Gasteiger partial charge is 0.496 e. The molecule has 0 fully saturated rings. The Morgan fingerprint density at radius 3 is 2.59 bits per heavy atom. The highest BCUT2D eigenvalue weighted by Gasteiger charge is 2.25. The number of methoxy groups -OCH3 is 1. The van der Waals surface area contributed by atoms with E-state index in [0.29, 0.717) is 22.2 Å². The topological polar surface area (TPSA) is 85.5 Å². The van der Waals surface area contributed by atoms with Gasteiger partial charge < -0.3 is 9.26 Å². The molecule has 29 heavy (non-hydrogen) atoms. The summed E-state index contributed by atoms with van der Waals surface area (Å²) in [4.78, 5) is 4.45. The Balaban J connectivity index is 1.85. The normalized spacial score (nSPS) is 12.0. The second-order valence-corrected chi connectivity index (χ2v) is 9.26. The molecule has 154 valence electrons. The van der Waals surface area contributed by atoms with Crippen LogP contribution < -0.4 is 4.74 Å². The fraction of sp³-hybridized carbons (Fsp3) is 0.300. The fourth-order valence-corrected chi connectivity index (χ4v) is 4.23. The number of hydrogen-bond acceptors (Lipinski definition) is 6. The minimum absolute atomic E-state index is 0.0666. The first-order valence-electron chi connectivity index (χ1n) is 8.95. The Bertz CT molecular complexity index is 1110. The van der Waals surface area contributed by atoms with E-state index >= 15 is 0 Å². The molecule has 0 N–H and O–H groups in total. The molecule has 0 saturated carbocycles. The van der Waals surface area contributed by atoms with Crippen molar-refractivity contribution in [2.45, 2.75) is 31.2 Å². The maximum absolute atomic E-state index is 13.0. The van der Waals surface area contributed by atoms with Gasteiger partial charge in [0.1, 0.15) is 5.75 Å². The van der Waals surface area contributed by atoms with Gasteiger partial charge in [-0.15, -0.1) is 0 Å². The van der Waals surface area contributed by atoms with Crippen molar-refractivity contribution in [2.75, 3.05) is 14.2 Å². The van der Waals surface area contributed by atoms with Crippen LogP contribution in [0.3, 0.4) is 0 Å². The van der Waals surface area contributed by atoms with Crippen molar-refractivity contribution in [3.8, 4) is 17.1 Å². The van der Waals surface area contributed by atoms with E-state index in [4.69, 9.17) is 20.9 Å². The van der Waals surface area contributed by atoms with Crippen molar-refractivity contribution in [3.05, 3.63) is 58.9 Å². The number of sulfonamides is 1. The van der Waals surface area contributed by atoms with Crippen molar-refractivity contribution in [1.29, 1.82) is 0 Å². The summed E-state index contributed by atoms with van der Waals surface area (Å²) in [7, 11) is -0.728. The monoisotopic (exact) mass is 435 g/mol. The minimum Gasteiger partial charge on any atom is -0.496 e. The average Bonchev–Trinajstić information content (AvgIpc) is 3.15. The second-order valence-electron chi connectivity index (χ2n) is 6.81. The number of benzene rings is 2. The van der Waals surface area contributed by atoms with Crippen LogP contribution in [0.15, 0.2) is 51.9 Å². The van der Waals surface area contributed by atoms with Crippen molar-refractivity contribution in [2.24, 2.45) is 0 Å². The molecule has 0 unspecified atom stereocenters. The minimum atomic E-state index is -3.76. The maximum atomic E-state index is 13.0. The summed E-state index contributed by atoms with van der Waals surface area (Å²) in [6.07, 6.45) is 0. The zero-order valence-electron chi connectivity index (χ0n) is 16.6. The second kappa shape index (κ2) is 8.52. The van der Waals surface area contributed by atoms with Gasteiger partial charge in [-0.1, -0.05) is 42.7 Å². The molecule has 3 aromatic rings. The standard InChI is InChI=1S/C20H22ClN3O4S/c1-13(2)16-11-14(9-10-18(16)27-4)29(25,26)24(3)12-19-22-20(23-28-19)15-7-5-6-8-17(15)21/h5-11,13H,12H2,1-4H3. The van der Waals surface area contributed by atoms with E-state index in [1.54, 1.807) is 37.4 Å². The fourth-order valence-electron chi connectivity index (χ4n) is 2.85. The SMILES string of the molecule is COc1ccc(S(=O)(=O)N(C)Cc2nc(-c3ccccc3Cl)no2)cc1C(C)C. The van der Waals surface area contributed by atoms with Crippen molar-refractivity contribution in [1.82, 2.24) is 14.4 Å². The average molecular weight is 436 g/mol. The molecule has 9 heteroatoms. The lowest BCUT2D eigenvalue weighted by atomic mass is 10.0. The molecule has 0 aliphatic rings. The first kappa shape index (κ1) is 21.3. The zero-order valence-corrected chi connectivity index (χ0v) is 18.2. The number of ether oxygens (including phenoxy) is 1. The summed E-state index contributed by atoms with van der Waals surface area (Å²) in [5, 5.41) is 4.39. The van der Waals surface area contributed by atoms with Gasteiger partial charge in [-0.2, -0.15) is 9.29 Å². The first-order chi connectivity index (χ1) is 13.7. The van der Waals surface area contributed by atoms with Crippen LogP contribution in [0.5, 0.6) is 5.75 Å². The van der Waals surface area contributed by atoms with Crippen molar-refractivity contribution in [3.63, 3.8) is 0 Å². The molecule has 0 radical (unpaired) electrons. The van der Waals surface area contributed by atoms with Gasteiger partial charge in [0.05, 0.1) is 23.6 Å². The molecule has 1 aromatic heterocycles. The van der Waals surface area contributed by atoms with Crippen molar-refractivity contribution < 1.29 is 17.7 Å². The van der Waals surface area contributed by atoms with Gasteiger partial charge in [0, 0.05) is 12.6 Å². The van der Waals surface area contributed by atoms with E-state index in [9.17, 15) is 8.42 Å². The summed E-state index contributed by atoms with van der Waals surface area (Å²) in [6.45, 7) is 3.89. The third-order valence-electron chi connectivity index (χ3n) is 4.47. The Morgan fingerprint density at radius 1 is 1.21 bits per heavy atom. The quantitative estimate of drug-likeness (QED) is 0.548. The van der Waals surface area contributed by atoms with Gasteiger partial charge >= 0.3 is 0 Å². The third kappa shape index (κ3) is 4.44. The van der Waals surface area contributed by atoms with E-state index in [-0.39, 0.29) is 23.2 Å². The Morgan fingerprint density at radius 2 is 1.93 bits per heavy atom. The van der Waals surface area contributed by atoms with Gasteiger partial charge in [0.25, 0.3) is 0 Å². The Kier molecular flexibility index (Phi) is 6.26. The molecule has 0 bridgehead atoms. The molecule has 3 rings (SSSR count). The van der Waals surface area contributed by atoms with Crippen LogP contribution >= 0.6 is 11.6 Å². The number of halogens is 1. The molecule has 0 amide bonds. The molecule has 0 atom stereocenters. The van der Waals surface area contributed by atoms with Crippen LogP contribution in [-0.2, 0) is 16.6 Å². The highest BCUT2D eigenvalue weighted by atomic mass is 35.5. The number of aromatic nitrogens is 2. The molecule has 1 heterocycles. The molecular formula is C20H22ClN3O4S. The zero-order chi connectivity index (χ0) is 21.2. The number of hydrogen-bond donors (Lipinski definition) is 0. The van der Waals surface area contributed by atoms with Crippen LogP contribution in [0.25, 0.3) is 11.4 Å².